The molecule has 5 nitrogen and oxygen atoms in total. The van der Waals surface area contributed by atoms with Crippen LogP contribution in [-0.4, -0.2) is 18.4 Å². The summed E-state index contributed by atoms with van der Waals surface area (Å²) in [5.41, 5.74) is 2.00. The standard InChI is InChI=1S/C19H16N2O3/c1-2-11-24-17-10-6-5-9-16(17)21-19(23)14-12-18(22)20-15-8-4-3-7-13(14)15/h1,3-10,14H,11-12H2,(H,20,22)(H,21,23). The number of carbonyl (C=O) groups is 2. The lowest BCUT2D eigenvalue weighted by Crippen LogP contribution is -2.30. The van der Waals surface area contributed by atoms with Crippen LogP contribution in [0.15, 0.2) is 48.5 Å². The average Bonchev–Trinajstić information content (AvgIpc) is 2.60. The lowest BCUT2D eigenvalue weighted by atomic mass is 9.90. The van der Waals surface area contributed by atoms with Crippen LogP contribution in [0.2, 0.25) is 0 Å². The predicted octanol–water partition coefficient (Wildman–Crippen LogP) is 2.76. The van der Waals surface area contributed by atoms with Crippen molar-refractivity contribution in [1.82, 2.24) is 0 Å². The fraction of sp³-hybridized carbons (Fsp3) is 0.158. The Labute approximate surface area is 140 Å². The summed E-state index contributed by atoms with van der Waals surface area (Å²) < 4.78 is 5.43. The highest BCUT2D eigenvalue weighted by molar-refractivity contribution is 6.05. The Balaban J connectivity index is 1.84. The largest absolute Gasteiger partial charge is 0.479 e. The highest BCUT2D eigenvalue weighted by Crippen LogP contribution is 2.33. The van der Waals surface area contributed by atoms with Crippen LogP contribution in [0.25, 0.3) is 0 Å². The number of hydrogen-bond acceptors (Lipinski definition) is 3. The monoisotopic (exact) mass is 320 g/mol. The molecule has 2 aromatic carbocycles. The molecular formula is C19H16N2O3. The number of para-hydroxylation sites is 3. The predicted molar refractivity (Wildman–Crippen MR) is 91.8 cm³/mol. The number of carbonyl (C=O) groups excluding carboxylic acids is 2. The van der Waals surface area contributed by atoms with Crippen molar-refractivity contribution in [3.63, 3.8) is 0 Å². The van der Waals surface area contributed by atoms with E-state index in [0.717, 1.165) is 5.56 Å². The van der Waals surface area contributed by atoms with Crippen LogP contribution in [0.5, 0.6) is 5.75 Å². The van der Waals surface area contributed by atoms with Crippen molar-refractivity contribution in [3.05, 3.63) is 54.1 Å². The minimum Gasteiger partial charge on any atom is -0.479 e. The minimum absolute atomic E-state index is 0.107. The van der Waals surface area contributed by atoms with E-state index >= 15 is 0 Å². The molecule has 2 amide bonds. The molecule has 120 valence electrons. The van der Waals surface area contributed by atoms with Crippen LogP contribution in [0.1, 0.15) is 17.9 Å². The summed E-state index contributed by atoms with van der Waals surface area (Å²) in [6.07, 6.45) is 5.31. The molecule has 1 heterocycles. The van der Waals surface area contributed by atoms with Gasteiger partial charge in [0.15, 0.2) is 0 Å². The van der Waals surface area contributed by atoms with Gasteiger partial charge < -0.3 is 15.4 Å². The van der Waals surface area contributed by atoms with Gasteiger partial charge in [-0.15, -0.1) is 6.42 Å². The molecule has 0 aromatic heterocycles. The summed E-state index contributed by atoms with van der Waals surface area (Å²) in [6, 6.07) is 14.4. The van der Waals surface area contributed by atoms with Gasteiger partial charge in [0.25, 0.3) is 0 Å². The second-order valence-electron chi connectivity index (χ2n) is 5.37. The van der Waals surface area contributed by atoms with E-state index < -0.39 is 5.92 Å². The second kappa shape index (κ2) is 6.88. The van der Waals surface area contributed by atoms with Crippen molar-refractivity contribution in [1.29, 1.82) is 0 Å². The Morgan fingerprint density at radius 2 is 2.00 bits per heavy atom. The van der Waals surface area contributed by atoms with Crippen LogP contribution in [-0.2, 0) is 9.59 Å². The topological polar surface area (TPSA) is 67.4 Å². The fourth-order valence-electron chi connectivity index (χ4n) is 2.68. The number of rotatable bonds is 4. The number of amides is 2. The van der Waals surface area contributed by atoms with Crippen LogP contribution < -0.4 is 15.4 Å². The van der Waals surface area contributed by atoms with E-state index in [9.17, 15) is 9.59 Å². The smallest absolute Gasteiger partial charge is 0.232 e. The van der Waals surface area contributed by atoms with Crippen LogP contribution >= 0.6 is 0 Å². The first-order valence-electron chi connectivity index (χ1n) is 7.54. The molecule has 5 heteroatoms. The highest BCUT2D eigenvalue weighted by Gasteiger charge is 2.30. The molecule has 24 heavy (non-hydrogen) atoms. The van der Waals surface area contributed by atoms with Crippen molar-refractivity contribution in [3.8, 4) is 18.1 Å². The number of anilines is 2. The molecule has 1 atom stereocenters. The molecule has 0 radical (unpaired) electrons. The van der Waals surface area contributed by atoms with Crippen molar-refractivity contribution < 1.29 is 14.3 Å². The van der Waals surface area contributed by atoms with Gasteiger partial charge in [-0.3, -0.25) is 9.59 Å². The van der Waals surface area contributed by atoms with E-state index in [1.807, 2.05) is 18.2 Å². The molecule has 1 unspecified atom stereocenters. The summed E-state index contributed by atoms with van der Waals surface area (Å²) in [5.74, 6) is 1.91. The van der Waals surface area contributed by atoms with Crippen molar-refractivity contribution in [2.24, 2.45) is 0 Å². The number of terminal acetylenes is 1. The molecule has 0 bridgehead atoms. The maximum Gasteiger partial charge on any atom is 0.232 e. The fourth-order valence-corrected chi connectivity index (χ4v) is 2.68. The van der Waals surface area contributed by atoms with E-state index in [1.54, 1.807) is 30.3 Å². The lowest BCUT2D eigenvalue weighted by molar-refractivity contribution is -0.123. The number of ether oxygens (including phenoxy) is 1. The van der Waals surface area contributed by atoms with Gasteiger partial charge in [-0.05, 0) is 23.8 Å². The van der Waals surface area contributed by atoms with Gasteiger partial charge >= 0.3 is 0 Å². The molecule has 1 aliphatic heterocycles. The second-order valence-corrected chi connectivity index (χ2v) is 5.37. The Morgan fingerprint density at radius 1 is 1.25 bits per heavy atom. The first-order valence-corrected chi connectivity index (χ1v) is 7.54. The number of fused-ring (bicyclic) bond motifs is 1. The summed E-state index contributed by atoms with van der Waals surface area (Å²) >= 11 is 0. The van der Waals surface area contributed by atoms with Crippen molar-refractivity contribution in [2.75, 3.05) is 17.2 Å². The van der Waals surface area contributed by atoms with Crippen molar-refractivity contribution >= 4 is 23.2 Å². The van der Waals surface area contributed by atoms with Gasteiger partial charge in [-0.1, -0.05) is 36.3 Å². The molecule has 2 N–H and O–H groups in total. The molecule has 0 spiro atoms. The van der Waals surface area contributed by atoms with Gasteiger partial charge in [0.2, 0.25) is 11.8 Å². The number of benzene rings is 2. The van der Waals surface area contributed by atoms with Gasteiger partial charge in [0.05, 0.1) is 11.6 Å². The quantitative estimate of drug-likeness (QED) is 0.851. The molecule has 0 saturated carbocycles. The Morgan fingerprint density at radius 3 is 2.83 bits per heavy atom. The van der Waals surface area contributed by atoms with Crippen LogP contribution in [0.3, 0.4) is 0 Å². The summed E-state index contributed by atoms with van der Waals surface area (Å²) in [5, 5.41) is 5.62. The molecule has 0 fully saturated rings. The summed E-state index contributed by atoms with van der Waals surface area (Å²) in [6.45, 7) is 0.113. The Hall–Kier alpha value is -3.26. The van der Waals surface area contributed by atoms with E-state index in [0.29, 0.717) is 17.1 Å². The van der Waals surface area contributed by atoms with Crippen molar-refractivity contribution in [2.45, 2.75) is 12.3 Å². The first kappa shape index (κ1) is 15.6. The average molecular weight is 320 g/mol. The molecular weight excluding hydrogens is 304 g/mol. The molecule has 3 rings (SSSR count). The lowest BCUT2D eigenvalue weighted by Gasteiger charge is -2.25. The van der Waals surface area contributed by atoms with Gasteiger partial charge in [-0.25, -0.2) is 0 Å². The third-order valence-corrected chi connectivity index (χ3v) is 3.77. The van der Waals surface area contributed by atoms with E-state index in [2.05, 4.69) is 16.6 Å². The van der Waals surface area contributed by atoms with Gasteiger partial charge in [-0.2, -0.15) is 0 Å². The third-order valence-electron chi connectivity index (χ3n) is 3.77. The maximum atomic E-state index is 12.7. The number of hydrogen-bond donors (Lipinski definition) is 2. The highest BCUT2D eigenvalue weighted by atomic mass is 16.5. The third kappa shape index (κ3) is 3.23. The van der Waals surface area contributed by atoms with E-state index in [1.165, 1.54) is 0 Å². The Kier molecular flexibility index (Phi) is 4.48. The molecule has 2 aromatic rings. The Bertz CT molecular complexity index is 823. The van der Waals surface area contributed by atoms with E-state index in [-0.39, 0.29) is 24.8 Å². The summed E-state index contributed by atoms with van der Waals surface area (Å²) in [4.78, 5) is 24.6. The van der Waals surface area contributed by atoms with Crippen LogP contribution in [0.4, 0.5) is 11.4 Å². The first-order chi connectivity index (χ1) is 11.7. The van der Waals surface area contributed by atoms with Gasteiger partial charge in [0, 0.05) is 12.1 Å². The molecule has 1 aliphatic rings. The zero-order valence-corrected chi connectivity index (χ0v) is 12.9. The maximum absolute atomic E-state index is 12.7. The van der Waals surface area contributed by atoms with Gasteiger partial charge in [0.1, 0.15) is 12.4 Å². The van der Waals surface area contributed by atoms with E-state index in [4.69, 9.17) is 11.2 Å². The normalized spacial score (nSPS) is 15.6. The molecule has 0 saturated heterocycles. The SMILES string of the molecule is C#CCOc1ccccc1NC(=O)C1CC(=O)Nc2ccccc21. The minimum atomic E-state index is -0.546. The summed E-state index contributed by atoms with van der Waals surface area (Å²) in [7, 11) is 0. The zero-order valence-electron chi connectivity index (χ0n) is 12.9. The van der Waals surface area contributed by atoms with Crippen LogP contribution in [0, 0.1) is 12.3 Å². The zero-order chi connectivity index (χ0) is 16.9. The molecule has 0 aliphatic carbocycles. The number of nitrogens with one attached hydrogen (secondary N) is 2.